The summed E-state index contributed by atoms with van der Waals surface area (Å²) in [6, 6.07) is 7.77. The molecule has 1 aromatic heterocycles. The molecule has 0 aliphatic carbocycles. The lowest BCUT2D eigenvalue weighted by molar-refractivity contribution is -0.162. The number of carbonyl (C=O) groups is 3. The number of nitrogens with zero attached hydrogens (tertiary/aromatic N) is 1. The summed E-state index contributed by atoms with van der Waals surface area (Å²) in [6.07, 6.45) is 0.256. The van der Waals surface area contributed by atoms with Gasteiger partial charge in [-0.15, -0.1) is 11.3 Å². The molecule has 3 heterocycles. The zero-order chi connectivity index (χ0) is 19.4. The van der Waals surface area contributed by atoms with Gasteiger partial charge in [-0.25, -0.2) is 4.98 Å². The first-order valence-corrected chi connectivity index (χ1v) is 10.4. The van der Waals surface area contributed by atoms with Crippen LogP contribution in [-0.2, 0) is 23.9 Å². The van der Waals surface area contributed by atoms with Crippen molar-refractivity contribution >= 4 is 51.0 Å². The Kier molecular flexibility index (Phi) is 4.12. The molecule has 0 saturated carbocycles. The van der Waals surface area contributed by atoms with Crippen molar-refractivity contribution in [3.63, 3.8) is 0 Å². The highest BCUT2D eigenvalue weighted by Crippen LogP contribution is 2.52. The summed E-state index contributed by atoms with van der Waals surface area (Å²) in [5.74, 6) is -1.35. The molecule has 142 valence electrons. The number of aromatic nitrogens is 1. The van der Waals surface area contributed by atoms with Crippen LogP contribution >= 0.6 is 23.1 Å². The Morgan fingerprint density at radius 2 is 1.85 bits per heavy atom. The highest BCUT2D eigenvalue weighted by atomic mass is 32.2. The van der Waals surface area contributed by atoms with Crippen LogP contribution in [0.15, 0.2) is 28.6 Å². The molecule has 0 amide bonds. The minimum Gasteiger partial charge on any atom is -0.459 e. The molecule has 6 nitrogen and oxygen atoms in total. The first-order valence-electron chi connectivity index (χ1n) is 8.62. The molecular weight excluding hydrogens is 386 g/mol. The maximum absolute atomic E-state index is 12.8. The molecule has 2 aromatic rings. The number of hydrogen-bond donors (Lipinski definition) is 0. The first-order chi connectivity index (χ1) is 12.6. The smallest absolute Gasteiger partial charge is 0.324 e. The second-order valence-corrected chi connectivity index (χ2v) is 10.1. The quantitative estimate of drug-likeness (QED) is 0.438. The predicted octanol–water partition coefficient (Wildman–Crippen LogP) is 3.38. The van der Waals surface area contributed by atoms with Crippen molar-refractivity contribution in [1.29, 1.82) is 0 Å². The number of hydrogen-bond acceptors (Lipinski definition) is 8. The number of rotatable bonds is 4. The number of carbonyl (C=O) groups excluding carboxylic acids is 3. The number of benzene rings is 1. The molecule has 4 rings (SSSR count). The molecule has 0 radical (unpaired) electrons. The van der Waals surface area contributed by atoms with E-state index in [-0.39, 0.29) is 24.4 Å². The average molecular weight is 405 g/mol. The molecule has 2 fully saturated rings. The lowest BCUT2D eigenvalue weighted by Crippen LogP contribution is -2.38. The van der Waals surface area contributed by atoms with Gasteiger partial charge in [0.1, 0.15) is 5.60 Å². The van der Waals surface area contributed by atoms with Gasteiger partial charge in [-0.05, 0) is 32.9 Å². The highest BCUT2D eigenvalue weighted by Gasteiger charge is 2.67. The fraction of sp³-hybridized carbons (Fsp3) is 0.474. The maximum Gasteiger partial charge on any atom is 0.324 e. The lowest BCUT2D eigenvalue weighted by atomic mass is 9.75. The van der Waals surface area contributed by atoms with Crippen molar-refractivity contribution in [2.24, 2.45) is 5.41 Å². The van der Waals surface area contributed by atoms with E-state index in [9.17, 15) is 14.4 Å². The second kappa shape index (κ2) is 6.04. The Morgan fingerprint density at radius 1 is 1.15 bits per heavy atom. The van der Waals surface area contributed by atoms with Gasteiger partial charge < -0.3 is 9.47 Å². The number of Topliss-reactive ketones (excluding diaryl/α,β-unsaturated/α-hetero) is 1. The molecule has 8 heteroatoms. The molecule has 2 saturated heterocycles. The summed E-state index contributed by atoms with van der Waals surface area (Å²) in [7, 11) is 0. The van der Waals surface area contributed by atoms with Gasteiger partial charge >= 0.3 is 11.9 Å². The molecular formula is C19H19NO5S2. The summed E-state index contributed by atoms with van der Waals surface area (Å²) < 4.78 is 12.6. The van der Waals surface area contributed by atoms with Gasteiger partial charge in [0.15, 0.2) is 21.1 Å². The van der Waals surface area contributed by atoms with Crippen LogP contribution in [0.3, 0.4) is 0 Å². The van der Waals surface area contributed by atoms with Crippen LogP contribution in [-0.4, -0.2) is 39.7 Å². The van der Waals surface area contributed by atoms with Crippen molar-refractivity contribution in [3.8, 4) is 0 Å². The Morgan fingerprint density at radius 3 is 2.52 bits per heavy atom. The normalized spacial score (nSPS) is 29.3. The van der Waals surface area contributed by atoms with Crippen LogP contribution in [0, 0.1) is 5.41 Å². The molecule has 0 bridgehead atoms. The van der Waals surface area contributed by atoms with Gasteiger partial charge in [-0.1, -0.05) is 23.9 Å². The van der Waals surface area contributed by atoms with Crippen LogP contribution in [0.2, 0.25) is 0 Å². The van der Waals surface area contributed by atoms with Crippen molar-refractivity contribution in [3.05, 3.63) is 24.3 Å². The van der Waals surface area contributed by atoms with Crippen LogP contribution in [0.25, 0.3) is 10.2 Å². The molecule has 1 spiro atoms. The fourth-order valence-electron chi connectivity index (χ4n) is 3.81. The van der Waals surface area contributed by atoms with Crippen LogP contribution in [0.5, 0.6) is 0 Å². The number of cyclic esters (lactones) is 2. The predicted molar refractivity (Wildman–Crippen MR) is 102 cm³/mol. The minimum absolute atomic E-state index is 0.0281. The summed E-state index contributed by atoms with van der Waals surface area (Å²) in [5.41, 5.74) is -2.53. The zero-order valence-corrected chi connectivity index (χ0v) is 16.9. The SMILES string of the molecule is CC1(C)C[C@]2(C[C@](C)(C(=O)CSc3nc4ccccc4s3)OC2=O)C(=O)O1. The van der Waals surface area contributed by atoms with E-state index in [0.29, 0.717) is 0 Å². The molecule has 0 unspecified atom stereocenters. The molecule has 1 aromatic carbocycles. The number of ketones is 1. The number of ether oxygens (including phenoxy) is 2. The summed E-state index contributed by atoms with van der Waals surface area (Å²) in [6.45, 7) is 5.10. The molecule has 2 aliphatic rings. The van der Waals surface area contributed by atoms with Crippen molar-refractivity contribution < 1.29 is 23.9 Å². The largest absolute Gasteiger partial charge is 0.459 e. The van der Waals surface area contributed by atoms with E-state index in [0.717, 1.165) is 14.6 Å². The van der Waals surface area contributed by atoms with E-state index in [1.807, 2.05) is 24.3 Å². The maximum atomic E-state index is 12.8. The standard InChI is InChI=1S/C19H19NO5S2/c1-17(2)9-19(14(22)24-17)10-18(3,25-15(19)23)13(21)8-26-16-20-11-6-4-5-7-12(11)27-16/h4-7H,8-10H2,1-3H3/t18-,19+/m1/s1. The average Bonchev–Trinajstić information content (AvgIpc) is 3.18. The molecule has 2 atom stereocenters. The third kappa shape index (κ3) is 3.04. The van der Waals surface area contributed by atoms with E-state index >= 15 is 0 Å². The van der Waals surface area contributed by atoms with Gasteiger partial charge in [-0.3, -0.25) is 14.4 Å². The van der Waals surface area contributed by atoms with Crippen molar-refractivity contribution in [2.45, 2.75) is 49.2 Å². The van der Waals surface area contributed by atoms with Gasteiger partial charge in [0.05, 0.1) is 16.0 Å². The monoisotopic (exact) mass is 405 g/mol. The van der Waals surface area contributed by atoms with Gasteiger partial charge in [0.2, 0.25) is 0 Å². The fourth-order valence-corrected chi connectivity index (χ4v) is 5.91. The number of thioether (sulfide) groups is 1. The molecule has 0 N–H and O–H groups in total. The number of fused-ring (bicyclic) bond motifs is 1. The van der Waals surface area contributed by atoms with Crippen molar-refractivity contribution in [1.82, 2.24) is 4.98 Å². The van der Waals surface area contributed by atoms with Crippen LogP contribution < -0.4 is 0 Å². The highest BCUT2D eigenvalue weighted by molar-refractivity contribution is 8.01. The van der Waals surface area contributed by atoms with Gasteiger partial charge in [-0.2, -0.15) is 0 Å². The number of esters is 2. The Balaban J connectivity index is 1.48. The number of thiazole rings is 1. The van der Waals surface area contributed by atoms with E-state index in [2.05, 4.69) is 4.98 Å². The Labute approximate surface area is 164 Å². The number of para-hydroxylation sites is 1. The van der Waals surface area contributed by atoms with E-state index in [4.69, 9.17) is 9.47 Å². The van der Waals surface area contributed by atoms with Crippen LogP contribution in [0.1, 0.15) is 33.6 Å². The van der Waals surface area contributed by atoms with E-state index in [1.165, 1.54) is 23.1 Å². The third-order valence-electron chi connectivity index (χ3n) is 5.03. The lowest BCUT2D eigenvalue weighted by Gasteiger charge is -2.21. The van der Waals surface area contributed by atoms with Crippen LogP contribution in [0.4, 0.5) is 0 Å². The Hall–Kier alpha value is -1.93. The van der Waals surface area contributed by atoms with Crippen molar-refractivity contribution in [2.75, 3.05) is 5.75 Å². The Bertz CT molecular complexity index is 935. The second-order valence-electron chi connectivity index (χ2n) is 7.86. The zero-order valence-electron chi connectivity index (χ0n) is 15.2. The van der Waals surface area contributed by atoms with Gasteiger partial charge in [0.25, 0.3) is 0 Å². The van der Waals surface area contributed by atoms with E-state index in [1.54, 1.807) is 20.8 Å². The minimum atomic E-state index is -1.37. The topological polar surface area (TPSA) is 82.6 Å². The third-order valence-corrected chi connectivity index (χ3v) is 7.21. The molecule has 27 heavy (non-hydrogen) atoms. The summed E-state index contributed by atoms with van der Waals surface area (Å²) in [5, 5.41) is 0. The van der Waals surface area contributed by atoms with E-state index < -0.39 is 28.6 Å². The molecule has 2 aliphatic heterocycles. The first kappa shape index (κ1) is 18.4. The summed E-state index contributed by atoms with van der Waals surface area (Å²) >= 11 is 2.84. The van der Waals surface area contributed by atoms with Gasteiger partial charge in [0, 0.05) is 12.8 Å². The summed E-state index contributed by atoms with van der Waals surface area (Å²) in [4.78, 5) is 42.2.